The van der Waals surface area contributed by atoms with E-state index in [9.17, 15) is 4.79 Å². The zero-order chi connectivity index (χ0) is 16.9. The molecule has 0 amide bonds. The van der Waals surface area contributed by atoms with Crippen LogP contribution in [0.1, 0.15) is 40.5 Å². The average molecular weight is 325 g/mol. The minimum Gasteiger partial charge on any atom is -0.497 e. The number of hydrogen-bond donors (Lipinski definition) is 0. The van der Waals surface area contributed by atoms with E-state index in [-0.39, 0.29) is 5.97 Å². The molecule has 0 radical (unpaired) electrons. The summed E-state index contributed by atoms with van der Waals surface area (Å²) in [5.74, 6) is 1.17. The van der Waals surface area contributed by atoms with Gasteiger partial charge in [0, 0.05) is 11.9 Å². The molecule has 1 heterocycles. The summed E-state index contributed by atoms with van der Waals surface area (Å²) in [6.45, 7) is 2.20. The van der Waals surface area contributed by atoms with Crippen LogP contribution in [0.3, 0.4) is 0 Å². The van der Waals surface area contributed by atoms with Crippen LogP contribution < -0.4 is 4.74 Å². The zero-order valence-corrected chi connectivity index (χ0v) is 14.2. The fraction of sp³-hybridized carbons (Fsp3) is 0.400. The first kappa shape index (κ1) is 16.5. The number of nitrogens with zero attached hydrogens (tertiary/aromatic N) is 1. The molecule has 0 saturated carbocycles. The highest BCUT2D eigenvalue weighted by Crippen LogP contribution is 2.28. The molecule has 0 saturated heterocycles. The van der Waals surface area contributed by atoms with E-state index in [4.69, 9.17) is 9.47 Å². The fourth-order valence-electron chi connectivity index (χ4n) is 3.29. The Hall–Kier alpha value is -2.36. The van der Waals surface area contributed by atoms with E-state index in [1.54, 1.807) is 13.3 Å². The van der Waals surface area contributed by atoms with Crippen LogP contribution in [0.4, 0.5) is 0 Å². The topological polar surface area (TPSA) is 48.4 Å². The molecule has 1 aliphatic rings. The standard InChI is InChI=1S/C20H23NO3/c1-3-24-20(22)17-12-16-11-15(6-9-19(16)21-13-17)10-14-4-7-18(23-2)8-5-14/h4-5,7-8,12-13,15H,3,6,9-11H2,1-2H3. The van der Waals surface area contributed by atoms with Crippen LogP contribution >= 0.6 is 0 Å². The number of pyridine rings is 1. The van der Waals surface area contributed by atoms with Crippen LogP contribution in [-0.4, -0.2) is 24.7 Å². The number of fused-ring (bicyclic) bond motifs is 1. The van der Waals surface area contributed by atoms with Crippen molar-refractivity contribution in [3.63, 3.8) is 0 Å². The largest absolute Gasteiger partial charge is 0.497 e. The molecule has 126 valence electrons. The Labute approximate surface area is 142 Å². The first-order valence-electron chi connectivity index (χ1n) is 8.47. The Bertz CT molecular complexity index is 709. The lowest BCUT2D eigenvalue weighted by molar-refractivity contribution is 0.0525. The Morgan fingerprint density at radius 3 is 2.79 bits per heavy atom. The number of aryl methyl sites for hydroxylation is 1. The summed E-state index contributed by atoms with van der Waals surface area (Å²) in [7, 11) is 1.68. The minimum absolute atomic E-state index is 0.287. The Morgan fingerprint density at radius 1 is 1.29 bits per heavy atom. The summed E-state index contributed by atoms with van der Waals surface area (Å²) in [5, 5.41) is 0. The first-order valence-corrected chi connectivity index (χ1v) is 8.47. The molecule has 1 atom stereocenters. The third-order valence-corrected chi connectivity index (χ3v) is 4.55. The molecule has 1 aromatic carbocycles. The second kappa shape index (κ2) is 7.47. The van der Waals surface area contributed by atoms with E-state index in [1.165, 1.54) is 11.1 Å². The number of benzene rings is 1. The monoisotopic (exact) mass is 325 g/mol. The molecule has 4 heteroatoms. The van der Waals surface area contributed by atoms with Crippen molar-refractivity contribution < 1.29 is 14.3 Å². The molecule has 0 bridgehead atoms. The van der Waals surface area contributed by atoms with Crippen LogP contribution in [0.5, 0.6) is 5.75 Å². The van der Waals surface area contributed by atoms with Gasteiger partial charge >= 0.3 is 5.97 Å². The van der Waals surface area contributed by atoms with E-state index in [0.717, 1.165) is 37.1 Å². The van der Waals surface area contributed by atoms with Crippen molar-refractivity contribution in [1.29, 1.82) is 0 Å². The smallest absolute Gasteiger partial charge is 0.339 e. The van der Waals surface area contributed by atoms with Gasteiger partial charge in [-0.25, -0.2) is 4.79 Å². The van der Waals surface area contributed by atoms with Gasteiger partial charge in [-0.2, -0.15) is 0 Å². The Morgan fingerprint density at radius 2 is 2.08 bits per heavy atom. The maximum atomic E-state index is 11.9. The first-order chi connectivity index (χ1) is 11.7. The van der Waals surface area contributed by atoms with Gasteiger partial charge < -0.3 is 9.47 Å². The van der Waals surface area contributed by atoms with Crippen molar-refractivity contribution in [2.45, 2.75) is 32.6 Å². The van der Waals surface area contributed by atoms with Crippen molar-refractivity contribution in [3.05, 3.63) is 58.9 Å². The lowest BCUT2D eigenvalue weighted by Crippen LogP contribution is -2.19. The highest BCUT2D eigenvalue weighted by Gasteiger charge is 2.21. The maximum absolute atomic E-state index is 11.9. The fourth-order valence-corrected chi connectivity index (χ4v) is 3.29. The van der Waals surface area contributed by atoms with Crippen LogP contribution in [0, 0.1) is 5.92 Å². The average Bonchev–Trinajstić information content (AvgIpc) is 2.62. The summed E-state index contributed by atoms with van der Waals surface area (Å²) >= 11 is 0. The predicted molar refractivity (Wildman–Crippen MR) is 92.4 cm³/mol. The second-order valence-electron chi connectivity index (χ2n) is 6.21. The molecule has 0 aliphatic heterocycles. The van der Waals surface area contributed by atoms with Gasteiger partial charge in [0.05, 0.1) is 19.3 Å². The van der Waals surface area contributed by atoms with Crippen LogP contribution in [0.2, 0.25) is 0 Å². The lowest BCUT2D eigenvalue weighted by atomic mass is 9.82. The number of ether oxygens (including phenoxy) is 2. The van der Waals surface area contributed by atoms with Crippen LogP contribution in [0.25, 0.3) is 0 Å². The number of carbonyl (C=O) groups excluding carboxylic acids is 1. The summed E-state index contributed by atoms with van der Waals surface area (Å²) in [6, 6.07) is 10.2. The van der Waals surface area contributed by atoms with Crippen molar-refractivity contribution in [3.8, 4) is 5.75 Å². The zero-order valence-electron chi connectivity index (χ0n) is 14.2. The van der Waals surface area contributed by atoms with E-state index in [1.807, 2.05) is 25.1 Å². The van der Waals surface area contributed by atoms with Gasteiger partial charge in [-0.05, 0) is 67.9 Å². The molecule has 1 aromatic heterocycles. The number of rotatable bonds is 5. The molecule has 2 aromatic rings. The van der Waals surface area contributed by atoms with Gasteiger partial charge in [-0.15, -0.1) is 0 Å². The third kappa shape index (κ3) is 3.75. The molecule has 4 nitrogen and oxygen atoms in total. The Balaban J connectivity index is 1.70. The molecular formula is C20H23NO3. The molecule has 1 aliphatic carbocycles. The van der Waals surface area contributed by atoms with Gasteiger partial charge in [0.15, 0.2) is 0 Å². The van der Waals surface area contributed by atoms with Gasteiger partial charge in [0.25, 0.3) is 0 Å². The van der Waals surface area contributed by atoms with Crippen LogP contribution in [0.15, 0.2) is 36.5 Å². The number of hydrogen-bond acceptors (Lipinski definition) is 4. The summed E-state index contributed by atoms with van der Waals surface area (Å²) in [6.07, 6.45) is 5.74. The summed E-state index contributed by atoms with van der Waals surface area (Å²) in [4.78, 5) is 16.4. The number of aromatic nitrogens is 1. The minimum atomic E-state index is -0.287. The van der Waals surface area contributed by atoms with Gasteiger partial charge in [-0.1, -0.05) is 12.1 Å². The van der Waals surface area contributed by atoms with E-state index in [2.05, 4.69) is 17.1 Å². The number of esters is 1. The van der Waals surface area contributed by atoms with Gasteiger partial charge in [0.1, 0.15) is 5.75 Å². The molecule has 0 spiro atoms. The highest BCUT2D eigenvalue weighted by atomic mass is 16.5. The summed E-state index contributed by atoms with van der Waals surface area (Å²) < 4.78 is 10.3. The normalized spacial score (nSPS) is 16.3. The van der Waals surface area contributed by atoms with Crippen LogP contribution in [-0.2, 0) is 24.0 Å². The third-order valence-electron chi connectivity index (χ3n) is 4.55. The van der Waals surface area contributed by atoms with Gasteiger partial charge in [-0.3, -0.25) is 4.98 Å². The number of carbonyl (C=O) groups is 1. The molecule has 24 heavy (non-hydrogen) atoms. The van der Waals surface area contributed by atoms with Gasteiger partial charge in [0.2, 0.25) is 0 Å². The molecule has 0 fully saturated rings. The van der Waals surface area contributed by atoms with Crippen molar-refractivity contribution >= 4 is 5.97 Å². The predicted octanol–water partition coefficient (Wildman–Crippen LogP) is 3.61. The lowest BCUT2D eigenvalue weighted by Gasteiger charge is -2.24. The quantitative estimate of drug-likeness (QED) is 0.788. The van der Waals surface area contributed by atoms with Crippen molar-refractivity contribution in [2.75, 3.05) is 13.7 Å². The Kier molecular flexibility index (Phi) is 5.14. The SMILES string of the molecule is CCOC(=O)c1cnc2c(c1)CC(Cc1ccc(OC)cc1)CC2. The van der Waals surface area contributed by atoms with Crippen molar-refractivity contribution in [1.82, 2.24) is 4.98 Å². The highest BCUT2D eigenvalue weighted by molar-refractivity contribution is 5.89. The van der Waals surface area contributed by atoms with E-state index >= 15 is 0 Å². The molecule has 0 N–H and O–H groups in total. The molecule has 3 rings (SSSR count). The molecule has 1 unspecified atom stereocenters. The van der Waals surface area contributed by atoms with E-state index in [0.29, 0.717) is 18.1 Å². The number of methoxy groups -OCH3 is 1. The summed E-state index contributed by atoms with van der Waals surface area (Å²) in [5.41, 5.74) is 4.18. The van der Waals surface area contributed by atoms with Crippen molar-refractivity contribution in [2.24, 2.45) is 5.92 Å². The maximum Gasteiger partial charge on any atom is 0.339 e. The molecular weight excluding hydrogens is 302 g/mol. The van der Waals surface area contributed by atoms with E-state index < -0.39 is 0 Å². The second-order valence-corrected chi connectivity index (χ2v) is 6.21.